The summed E-state index contributed by atoms with van der Waals surface area (Å²) in [4.78, 5) is 21.5. The summed E-state index contributed by atoms with van der Waals surface area (Å²) in [7, 11) is 0. The zero-order chi connectivity index (χ0) is 47.5. The molecule has 0 N–H and O–H groups in total. The zero-order valence-corrected chi connectivity index (χ0v) is 38.9. The molecule has 14 rings (SSSR count). The summed E-state index contributed by atoms with van der Waals surface area (Å²) in [6.45, 7) is 0. The van der Waals surface area contributed by atoms with Crippen molar-refractivity contribution in [2.45, 2.75) is 0 Å². The zero-order valence-electron chi connectivity index (χ0n) is 38.9. The van der Waals surface area contributed by atoms with Crippen molar-refractivity contribution in [3.05, 3.63) is 255 Å². The molecule has 14 aromatic rings. The van der Waals surface area contributed by atoms with Crippen molar-refractivity contribution in [2.75, 3.05) is 0 Å². The van der Waals surface area contributed by atoms with Crippen LogP contribution in [0, 0.1) is 0 Å². The minimum Gasteiger partial charge on any atom is -0.292 e. The van der Waals surface area contributed by atoms with E-state index in [-0.39, 0.29) is 0 Å². The lowest BCUT2D eigenvalue weighted by molar-refractivity contribution is 1.10. The van der Waals surface area contributed by atoms with Gasteiger partial charge in [-0.05, 0) is 111 Å². The average molecular weight is 919 g/mol. The SMILES string of the molecule is c1ccc(-n2c(-c3ccc(-c4nc(-c5ccc(-c6nc7ccccc7n6-c6ccccc6)cc5)c5cc(-c6ccc7ccccc7c6)cc(-c6ccc7ccccc7c6)c5n4)cc3)nc3ccccc32)cc1. The Morgan fingerprint density at radius 3 is 1.29 bits per heavy atom. The Morgan fingerprint density at radius 2 is 0.722 bits per heavy atom. The second kappa shape index (κ2) is 17.0. The summed E-state index contributed by atoms with van der Waals surface area (Å²) in [5, 5.41) is 5.71. The van der Waals surface area contributed by atoms with Crippen molar-refractivity contribution < 1.29 is 0 Å². The molecule has 3 heterocycles. The van der Waals surface area contributed by atoms with Gasteiger partial charge in [0.05, 0.1) is 33.3 Å². The standard InChI is InChI=1S/C66H42N6/c1-3-19-54(20-4-1)71-60-25-13-11-23-58(60)67-65(71)47-33-29-45(30-34-47)62-57-42-53(51-37-27-43-15-7-9-17-49(43)39-51)41-56(52-38-28-44-16-8-10-18-50(44)40-52)63(57)70-64(69-62)46-31-35-48(36-32-46)66-68-59-24-12-14-26-61(59)72(66)55-21-5-2-6-22-55/h1-42H. The van der Waals surface area contributed by atoms with E-state index in [0.717, 1.165) is 106 Å². The number of para-hydroxylation sites is 6. The molecule has 0 aliphatic heterocycles. The number of benzene rings is 11. The van der Waals surface area contributed by atoms with Gasteiger partial charge in [-0.2, -0.15) is 0 Å². The first-order valence-corrected chi connectivity index (χ1v) is 24.3. The van der Waals surface area contributed by atoms with Crippen LogP contribution in [0.1, 0.15) is 0 Å². The normalized spacial score (nSPS) is 11.6. The number of aromatic nitrogens is 6. The highest BCUT2D eigenvalue weighted by atomic mass is 15.1. The van der Waals surface area contributed by atoms with E-state index in [1.54, 1.807) is 0 Å². The highest BCUT2D eigenvalue weighted by Crippen LogP contribution is 2.41. The van der Waals surface area contributed by atoms with Gasteiger partial charge in [0.2, 0.25) is 0 Å². The third-order valence-corrected chi connectivity index (χ3v) is 13.9. The van der Waals surface area contributed by atoms with Crippen LogP contribution in [-0.4, -0.2) is 29.1 Å². The fraction of sp³-hybridized carbons (Fsp3) is 0. The van der Waals surface area contributed by atoms with Crippen LogP contribution in [-0.2, 0) is 0 Å². The van der Waals surface area contributed by atoms with Gasteiger partial charge >= 0.3 is 0 Å². The first-order chi connectivity index (χ1) is 35.7. The minimum absolute atomic E-state index is 0.635. The average Bonchev–Trinajstić information content (AvgIpc) is 4.05. The number of rotatable bonds is 8. The smallest absolute Gasteiger partial charge is 0.160 e. The lowest BCUT2D eigenvalue weighted by atomic mass is 9.92. The lowest BCUT2D eigenvalue weighted by Crippen LogP contribution is -1.99. The highest BCUT2D eigenvalue weighted by molar-refractivity contribution is 6.06. The number of nitrogens with zero attached hydrogens (tertiary/aromatic N) is 6. The van der Waals surface area contributed by atoms with Gasteiger partial charge < -0.3 is 0 Å². The molecule has 0 spiro atoms. The molecule has 3 aromatic heterocycles. The maximum atomic E-state index is 5.56. The van der Waals surface area contributed by atoms with E-state index in [9.17, 15) is 0 Å². The van der Waals surface area contributed by atoms with E-state index in [0.29, 0.717) is 5.82 Å². The number of hydrogen-bond acceptors (Lipinski definition) is 4. The molecule has 0 atom stereocenters. The summed E-state index contributed by atoms with van der Waals surface area (Å²) < 4.78 is 4.48. The van der Waals surface area contributed by atoms with Crippen LogP contribution in [0.3, 0.4) is 0 Å². The first kappa shape index (κ1) is 41.2. The number of imidazole rings is 2. The summed E-state index contributed by atoms with van der Waals surface area (Å²) in [5.41, 5.74) is 16.0. The Kier molecular flexibility index (Phi) is 9.74. The van der Waals surface area contributed by atoms with Crippen molar-refractivity contribution in [2.24, 2.45) is 0 Å². The summed E-state index contributed by atoms with van der Waals surface area (Å²) in [6, 6.07) is 89.9. The molecule has 0 radical (unpaired) electrons. The lowest BCUT2D eigenvalue weighted by Gasteiger charge is -2.16. The van der Waals surface area contributed by atoms with Crippen LogP contribution in [0.4, 0.5) is 0 Å². The largest absolute Gasteiger partial charge is 0.292 e. The van der Waals surface area contributed by atoms with Gasteiger partial charge in [0, 0.05) is 44.6 Å². The van der Waals surface area contributed by atoms with Crippen LogP contribution < -0.4 is 0 Å². The second-order valence-electron chi connectivity index (χ2n) is 18.3. The molecule has 11 aromatic carbocycles. The van der Waals surface area contributed by atoms with Gasteiger partial charge in [-0.3, -0.25) is 9.13 Å². The molecule has 0 saturated heterocycles. The highest BCUT2D eigenvalue weighted by Gasteiger charge is 2.21. The molecule has 0 aliphatic rings. The number of fused-ring (bicyclic) bond motifs is 5. The van der Waals surface area contributed by atoms with Crippen molar-refractivity contribution in [3.8, 4) is 79.0 Å². The van der Waals surface area contributed by atoms with Crippen LogP contribution >= 0.6 is 0 Å². The summed E-state index contributed by atoms with van der Waals surface area (Å²) in [6.07, 6.45) is 0. The molecule has 0 aliphatic carbocycles. The van der Waals surface area contributed by atoms with Crippen molar-refractivity contribution in [3.63, 3.8) is 0 Å². The Hall–Kier alpha value is -9.78. The van der Waals surface area contributed by atoms with Crippen LogP contribution in [0.2, 0.25) is 0 Å². The Labute approximate surface area is 415 Å². The molecule has 0 unspecified atom stereocenters. The predicted octanol–water partition coefficient (Wildman–Crippen LogP) is 16.6. The Bertz CT molecular complexity index is 4360. The molecule has 0 saturated carbocycles. The van der Waals surface area contributed by atoms with Crippen molar-refractivity contribution >= 4 is 54.5 Å². The van der Waals surface area contributed by atoms with Gasteiger partial charge in [0.1, 0.15) is 11.6 Å². The predicted molar refractivity (Wildman–Crippen MR) is 296 cm³/mol. The Morgan fingerprint density at radius 1 is 0.278 bits per heavy atom. The maximum absolute atomic E-state index is 5.56. The molecule has 6 nitrogen and oxygen atoms in total. The topological polar surface area (TPSA) is 61.4 Å². The second-order valence-corrected chi connectivity index (χ2v) is 18.3. The molecule has 0 amide bonds. The van der Waals surface area contributed by atoms with Crippen LogP contribution in [0.15, 0.2) is 255 Å². The molecule has 0 fully saturated rings. The first-order valence-electron chi connectivity index (χ1n) is 24.3. The Balaban J connectivity index is 0.981. The van der Waals surface area contributed by atoms with Gasteiger partial charge in [0.25, 0.3) is 0 Å². The van der Waals surface area contributed by atoms with E-state index < -0.39 is 0 Å². The van der Waals surface area contributed by atoms with Gasteiger partial charge in [-0.25, -0.2) is 19.9 Å². The van der Waals surface area contributed by atoms with E-state index in [2.05, 4.69) is 240 Å². The van der Waals surface area contributed by atoms with Crippen molar-refractivity contribution in [1.82, 2.24) is 29.1 Å². The van der Waals surface area contributed by atoms with Crippen LogP contribution in [0.25, 0.3) is 134 Å². The molecule has 6 heteroatoms. The molecular formula is C66H42N6. The number of hydrogen-bond donors (Lipinski definition) is 0. The van der Waals surface area contributed by atoms with Crippen molar-refractivity contribution in [1.29, 1.82) is 0 Å². The maximum Gasteiger partial charge on any atom is 0.160 e. The summed E-state index contributed by atoms with van der Waals surface area (Å²) in [5.74, 6) is 2.38. The minimum atomic E-state index is 0.635. The fourth-order valence-corrected chi connectivity index (χ4v) is 10.4. The quantitative estimate of drug-likeness (QED) is 0.152. The van der Waals surface area contributed by atoms with E-state index in [1.807, 2.05) is 24.3 Å². The molecular weight excluding hydrogens is 877 g/mol. The summed E-state index contributed by atoms with van der Waals surface area (Å²) >= 11 is 0. The van der Waals surface area contributed by atoms with E-state index >= 15 is 0 Å². The third-order valence-electron chi connectivity index (χ3n) is 13.9. The van der Waals surface area contributed by atoms with Gasteiger partial charge in [-0.15, -0.1) is 0 Å². The molecule has 72 heavy (non-hydrogen) atoms. The van der Waals surface area contributed by atoms with Crippen LogP contribution in [0.5, 0.6) is 0 Å². The van der Waals surface area contributed by atoms with Gasteiger partial charge in [0.15, 0.2) is 5.82 Å². The molecule has 336 valence electrons. The monoisotopic (exact) mass is 918 g/mol. The third kappa shape index (κ3) is 7.12. The van der Waals surface area contributed by atoms with Gasteiger partial charge in [-0.1, -0.05) is 182 Å². The fourth-order valence-electron chi connectivity index (χ4n) is 10.4. The van der Waals surface area contributed by atoms with E-state index in [4.69, 9.17) is 19.9 Å². The van der Waals surface area contributed by atoms with E-state index in [1.165, 1.54) is 21.5 Å². The molecule has 0 bridgehead atoms.